The Morgan fingerprint density at radius 1 is 0.882 bits per heavy atom. The summed E-state index contributed by atoms with van der Waals surface area (Å²) in [6.07, 6.45) is 13.7. The number of nitrogens with zero attached hydrogens (tertiary/aromatic N) is 1. The molecule has 6 unspecified atom stereocenters. The molecule has 0 saturated carbocycles. The lowest BCUT2D eigenvalue weighted by atomic mass is 9.62. The zero-order valence-electron chi connectivity index (χ0n) is 20.0. The number of allylic oxidation sites excluding steroid dienone is 4. The Balaban J connectivity index is 1.42. The van der Waals surface area contributed by atoms with Crippen LogP contribution in [0, 0.1) is 17.8 Å². The topological polar surface area (TPSA) is 37.4 Å². The van der Waals surface area contributed by atoms with Gasteiger partial charge in [0.05, 0.1) is 5.25 Å². The highest BCUT2D eigenvalue weighted by atomic mass is 32.2. The third-order valence-corrected chi connectivity index (χ3v) is 11.7. The molecule has 2 aromatic carbocycles. The summed E-state index contributed by atoms with van der Waals surface area (Å²) >= 11 is 0. The maximum atomic E-state index is 14.1. The minimum atomic E-state index is -3.29. The van der Waals surface area contributed by atoms with Crippen molar-refractivity contribution in [2.24, 2.45) is 17.8 Å². The highest BCUT2D eigenvalue weighted by molar-refractivity contribution is 7.93. The van der Waals surface area contributed by atoms with Crippen molar-refractivity contribution in [3.63, 3.8) is 0 Å². The molecule has 4 heteroatoms. The Morgan fingerprint density at radius 3 is 2.38 bits per heavy atom. The van der Waals surface area contributed by atoms with Crippen LogP contribution in [0.2, 0.25) is 0 Å². The molecule has 2 heterocycles. The molecule has 34 heavy (non-hydrogen) atoms. The van der Waals surface area contributed by atoms with Crippen molar-refractivity contribution in [3.8, 4) is 0 Å². The number of piperidine rings is 1. The summed E-state index contributed by atoms with van der Waals surface area (Å²) in [5, 5.41) is -0.734. The van der Waals surface area contributed by atoms with Crippen molar-refractivity contribution >= 4 is 9.84 Å². The molecule has 0 aromatic heterocycles. The molecule has 2 aromatic rings. The van der Waals surface area contributed by atoms with Gasteiger partial charge in [-0.25, -0.2) is 8.42 Å². The van der Waals surface area contributed by atoms with E-state index in [0.717, 1.165) is 25.1 Å². The van der Waals surface area contributed by atoms with Gasteiger partial charge in [0.1, 0.15) is 5.25 Å². The van der Waals surface area contributed by atoms with Crippen LogP contribution in [-0.2, 0) is 16.3 Å². The third kappa shape index (κ3) is 3.53. The van der Waals surface area contributed by atoms with Crippen molar-refractivity contribution in [3.05, 3.63) is 95.6 Å². The van der Waals surface area contributed by atoms with Gasteiger partial charge >= 0.3 is 0 Å². The molecule has 0 spiro atoms. The van der Waals surface area contributed by atoms with Gasteiger partial charge in [-0.3, -0.25) is 4.90 Å². The normalized spacial score (nSPS) is 35.1. The molecule has 2 aliphatic carbocycles. The second kappa shape index (κ2) is 8.80. The highest BCUT2D eigenvalue weighted by Crippen LogP contribution is 2.55. The second-order valence-electron chi connectivity index (χ2n) is 10.8. The van der Waals surface area contributed by atoms with Crippen molar-refractivity contribution in [2.45, 2.75) is 55.1 Å². The number of hydrogen-bond donors (Lipinski definition) is 0. The molecule has 4 aliphatic rings. The molecule has 7 atom stereocenters. The van der Waals surface area contributed by atoms with Gasteiger partial charge in [-0.05, 0) is 72.7 Å². The van der Waals surface area contributed by atoms with Crippen molar-refractivity contribution < 1.29 is 8.42 Å². The van der Waals surface area contributed by atoms with Crippen LogP contribution in [0.5, 0.6) is 0 Å². The van der Waals surface area contributed by atoms with Gasteiger partial charge in [0.15, 0.2) is 9.84 Å². The largest absolute Gasteiger partial charge is 0.297 e. The van der Waals surface area contributed by atoms with Crippen LogP contribution >= 0.6 is 0 Å². The molecule has 2 saturated heterocycles. The SMILES string of the molecule is CC(C1C(N2CCCCC2)C(c2ccccc2)S1(=O)=O)[C@@H]1c2ccccc2CC2C=CC=CC21. The van der Waals surface area contributed by atoms with Gasteiger partial charge in [0.25, 0.3) is 0 Å². The van der Waals surface area contributed by atoms with Crippen LogP contribution in [0.1, 0.15) is 54.0 Å². The van der Waals surface area contributed by atoms with E-state index in [1.165, 1.54) is 30.4 Å². The van der Waals surface area contributed by atoms with Crippen LogP contribution < -0.4 is 0 Å². The average Bonchev–Trinajstić information content (AvgIpc) is 2.87. The summed E-state index contributed by atoms with van der Waals surface area (Å²) < 4.78 is 28.2. The fourth-order valence-corrected chi connectivity index (χ4v) is 10.3. The highest BCUT2D eigenvalue weighted by Gasteiger charge is 2.61. The van der Waals surface area contributed by atoms with Gasteiger partial charge in [-0.15, -0.1) is 0 Å². The fraction of sp³-hybridized carbons (Fsp3) is 0.467. The van der Waals surface area contributed by atoms with Gasteiger partial charge in [-0.1, -0.05) is 92.2 Å². The monoisotopic (exact) mass is 473 g/mol. The second-order valence-corrected chi connectivity index (χ2v) is 13.0. The maximum absolute atomic E-state index is 14.1. The molecule has 0 bridgehead atoms. The Hall–Kier alpha value is -2.17. The lowest BCUT2D eigenvalue weighted by molar-refractivity contribution is 0.109. The van der Waals surface area contributed by atoms with E-state index < -0.39 is 15.1 Å². The molecule has 3 nitrogen and oxygen atoms in total. The Labute approximate surface area is 204 Å². The summed E-state index contributed by atoms with van der Waals surface area (Å²) in [6.45, 7) is 4.27. The first-order valence-corrected chi connectivity index (χ1v) is 14.6. The van der Waals surface area contributed by atoms with Gasteiger partial charge in [0.2, 0.25) is 0 Å². The van der Waals surface area contributed by atoms with E-state index in [2.05, 4.69) is 60.4 Å². The van der Waals surface area contributed by atoms with Crippen molar-refractivity contribution in [1.82, 2.24) is 4.90 Å². The smallest absolute Gasteiger partial charge is 0.163 e. The Morgan fingerprint density at radius 2 is 1.59 bits per heavy atom. The Kier molecular flexibility index (Phi) is 5.77. The van der Waals surface area contributed by atoms with E-state index >= 15 is 0 Å². The van der Waals surface area contributed by atoms with E-state index in [0.29, 0.717) is 11.8 Å². The maximum Gasteiger partial charge on any atom is 0.163 e. The molecule has 2 aliphatic heterocycles. The van der Waals surface area contributed by atoms with Crippen LogP contribution in [0.3, 0.4) is 0 Å². The minimum absolute atomic E-state index is 0.0574. The van der Waals surface area contributed by atoms with Gasteiger partial charge < -0.3 is 0 Å². The summed E-state index contributed by atoms with van der Waals surface area (Å²) in [4.78, 5) is 2.52. The van der Waals surface area contributed by atoms with E-state index in [1.807, 2.05) is 30.3 Å². The lowest BCUT2D eigenvalue weighted by Gasteiger charge is -2.55. The number of benzene rings is 2. The number of hydrogen-bond acceptors (Lipinski definition) is 3. The standard InChI is InChI=1S/C30H35NO2S/c1-21(27-25-16-8-6-14-23(25)20-24-15-7-9-17-26(24)27)29-28(31-18-10-3-11-19-31)30(34(29,32)33)22-12-4-2-5-13-22/h2,4-9,12-17,21,23,25,27-30H,3,10-11,18-20H2,1H3/t21?,23?,25?,27-,28?,29?,30?/m0/s1. The van der Waals surface area contributed by atoms with Gasteiger partial charge in [0, 0.05) is 6.04 Å². The van der Waals surface area contributed by atoms with E-state index in [-0.39, 0.29) is 23.1 Å². The molecule has 178 valence electrons. The first-order valence-electron chi connectivity index (χ1n) is 13.0. The zero-order valence-corrected chi connectivity index (χ0v) is 20.8. The molecular formula is C30H35NO2S. The molecule has 0 radical (unpaired) electrons. The quantitative estimate of drug-likeness (QED) is 0.570. The first kappa shape index (κ1) is 22.3. The molecule has 2 fully saturated rings. The van der Waals surface area contributed by atoms with Crippen molar-refractivity contribution in [1.29, 1.82) is 0 Å². The van der Waals surface area contributed by atoms with Crippen molar-refractivity contribution in [2.75, 3.05) is 13.1 Å². The summed E-state index contributed by atoms with van der Waals surface area (Å²) in [5.74, 6) is 1.10. The summed E-state index contributed by atoms with van der Waals surface area (Å²) in [6, 6.07) is 18.8. The summed E-state index contributed by atoms with van der Waals surface area (Å²) in [7, 11) is -3.29. The van der Waals surface area contributed by atoms with E-state index in [9.17, 15) is 8.42 Å². The summed E-state index contributed by atoms with van der Waals surface area (Å²) in [5.41, 5.74) is 3.72. The fourth-order valence-electron chi connectivity index (χ4n) is 7.50. The predicted molar refractivity (Wildman–Crippen MR) is 138 cm³/mol. The minimum Gasteiger partial charge on any atom is -0.297 e. The molecule has 0 N–H and O–H groups in total. The van der Waals surface area contributed by atoms with E-state index in [4.69, 9.17) is 0 Å². The average molecular weight is 474 g/mol. The van der Waals surface area contributed by atoms with E-state index in [1.54, 1.807) is 0 Å². The van der Waals surface area contributed by atoms with Crippen LogP contribution in [-0.4, -0.2) is 37.7 Å². The third-order valence-electron chi connectivity index (χ3n) is 8.99. The number of rotatable bonds is 4. The van der Waals surface area contributed by atoms with Gasteiger partial charge in [-0.2, -0.15) is 0 Å². The molecule has 0 amide bonds. The number of fused-ring (bicyclic) bond motifs is 2. The molecular weight excluding hydrogens is 438 g/mol. The predicted octanol–water partition coefficient (Wildman–Crippen LogP) is 5.71. The van der Waals surface area contributed by atoms with Crippen LogP contribution in [0.15, 0.2) is 78.9 Å². The molecule has 6 rings (SSSR count). The lowest BCUT2D eigenvalue weighted by Crippen LogP contribution is -2.66. The Bertz CT molecular complexity index is 1200. The number of likely N-dealkylation sites (tertiary alicyclic amines) is 1. The zero-order chi connectivity index (χ0) is 23.3. The van der Waals surface area contributed by atoms with Crippen LogP contribution in [0.4, 0.5) is 0 Å². The number of sulfone groups is 1. The first-order chi connectivity index (χ1) is 16.6. The van der Waals surface area contributed by atoms with Crippen LogP contribution in [0.25, 0.3) is 0 Å².